The van der Waals surface area contributed by atoms with Crippen molar-refractivity contribution in [1.82, 2.24) is 10.6 Å². The van der Waals surface area contributed by atoms with Gasteiger partial charge in [0.2, 0.25) is 0 Å². The van der Waals surface area contributed by atoms with Gasteiger partial charge in [-0.15, -0.1) is 0 Å². The minimum absolute atomic E-state index is 0.725. The monoisotopic (exact) mass is 324 g/mol. The Balaban J connectivity index is 1.59. The molecule has 0 bridgehead atoms. The van der Waals surface area contributed by atoms with Gasteiger partial charge in [0.15, 0.2) is 5.11 Å². The van der Waals surface area contributed by atoms with E-state index in [9.17, 15) is 0 Å². The SMILES string of the molecule is COc1ccccc1CCNC(=S)NCC[NH+]1CCOCC1. The molecule has 1 aromatic carbocycles. The molecule has 1 saturated heterocycles. The number of morpholine rings is 1. The molecule has 0 aromatic heterocycles. The van der Waals surface area contributed by atoms with Crippen LogP contribution >= 0.6 is 12.2 Å². The van der Waals surface area contributed by atoms with E-state index in [2.05, 4.69) is 16.7 Å². The largest absolute Gasteiger partial charge is 0.496 e. The highest BCUT2D eigenvalue weighted by atomic mass is 32.1. The molecule has 0 atom stereocenters. The number of methoxy groups -OCH3 is 1. The second-order valence-corrected chi connectivity index (χ2v) is 5.77. The maximum absolute atomic E-state index is 5.35. The molecule has 6 heteroatoms. The fourth-order valence-electron chi connectivity index (χ4n) is 2.55. The lowest BCUT2D eigenvalue weighted by Crippen LogP contribution is -3.14. The summed E-state index contributed by atoms with van der Waals surface area (Å²) in [5.41, 5.74) is 1.19. The molecule has 1 heterocycles. The zero-order chi connectivity index (χ0) is 15.6. The van der Waals surface area contributed by atoms with E-state index in [0.717, 1.165) is 63.2 Å². The molecule has 1 aromatic rings. The van der Waals surface area contributed by atoms with E-state index in [1.807, 2.05) is 18.2 Å². The average molecular weight is 324 g/mol. The highest BCUT2D eigenvalue weighted by molar-refractivity contribution is 7.80. The van der Waals surface area contributed by atoms with Crippen molar-refractivity contribution in [3.8, 4) is 5.75 Å². The number of nitrogens with one attached hydrogen (secondary N) is 3. The van der Waals surface area contributed by atoms with E-state index in [4.69, 9.17) is 21.7 Å². The van der Waals surface area contributed by atoms with Gasteiger partial charge in [-0.05, 0) is 30.3 Å². The summed E-state index contributed by atoms with van der Waals surface area (Å²) < 4.78 is 10.7. The van der Waals surface area contributed by atoms with E-state index in [-0.39, 0.29) is 0 Å². The molecule has 5 nitrogen and oxygen atoms in total. The van der Waals surface area contributed by atoms with Gasteiger partial charge in [-0.3, -0.25) is 0 Å². The number of ether oxygens (including phenoxy) is 2. The van der Waals surface area contributed by atoms with Crippen molar-refractivity contribution in [2.75, 3.05) is 53.0 Å². The van der Waals surface area contributed by atoms with Gasteiger partial charge in [0.1, 0.15) is 18.8 Å². The van der Waals surface area contributed by atoms with Crippen LogP contribution in [-0.4, -0.2) is 58.2 Å². The van der Waals surface area contributed by atoms with Crippen LogP contribution in [0.1, 0.15) is 5.56 Å². The molecular formula is C16H26N3O2S+. The Morgan fingerprint density at radius 1 is 1.23 bits per heavy atom. The number of benzene rings is 1. The minimum Gasteiger partial charge on any atom is -0.496 e. The zero-order valence-electron chi connectivity index (χ0n) is 13.2. The first-order valence-corrected chi connectivity index (χ1v) is 8.25. The van der Waals surface area contributed by atoms with E-state index < -0.39 is 0 Å². The predicted molar refractivity (Wildman–Crippen MR) is 91.7 cm³/mol. The van der Waals surface area contributed by atoms with Crippen LogP contribution in [0.15, 0.2) is 24.3 Å². The Labute approximate surface area is 138 Å². The van der Waals surface area contributed by atoms with Gasteiger partial charge < -0.3 is 25.0 Å². The number of hydrogen-bond acceptors (Lipinski definition) is 3. The molecule has 0 aliphatic carbocycles. The zero-order valence-corrected chi connectivity index (χ0v) is 14.0. The van der Waals surface area contributed by atoms with Crippen LogP contribution in [0.25, 0.3) is 0 Å². The maximum atomic E-state index is 5.35. The van der Waals surface area contributed by atoms with Gasteiger partial charge in [-0.25, -0.2) is 0 Å². The van der Waals surface area contributed by atoms with Gasteiger partial charge in [-0.2, -0.15) is 0 Å². The smallest absolute Gasteiger partial charge is 0.166 e. The fraction of sp³-hybridized carbons (Fsp3) is 0.562. The van der Waals surface area contributed by atoms with Crippen LogP contribution in [0.3, 0.4) is 0 Å². The van der Waals surface area contributed by atoms with Crippen LogP contribution in [0.2, 0.25) is 0 Å². The van der Waals surface area contributed by atoms with E-state index in [0.29, 0.717) is 0 Å². The Morgan fingerprint density at radius 2 is 1.95 bits per heavy atom. The second-order valence-electron chi connectivity index (χ2n) is 5.36. The van der Waals surface area contributed by atoms with Crippen molar-refractivity contribution in [3.63, 3.8) is 0 Å². The summed E-state index contributed by atoms with van der Waals surface area (Å²) in [7, 11) is 1.70. The minimum atomic E-state index is 0.725. The molecule has 1 aliphatic rings. The molecule has 1 aliphatic heterocycles. The molecule has 0 unspecified atom stereocenters. The summed E-state index contributed by atoms with van der Waals surface area (Å²) >= 11 is 5.31. The summed E-state index contributed by atoms with van der Waals surface area (Å²) in [5.74, 6) is 0.930. The fourth-order valence-corrected chi connectivity index (χ4v) is 2.75. The summed E-state index contributed by atoms with van der Waals surface area (Å²) in [6.07, 6.45) is 0.889. The van der Waals surface area contributed by atoms with Gasteiger partial charge in [-0.1, -0.05) is 18.2 Å². The predicted octanol–water partition coefficient (Wildman–Crippen LogP) is -0.383. The highest BCUT2D eigenvalue weighted by Crippen LogP contribution is 2.17. The average Bonchev–Trinajstić information content (AvgIpc) is 2.56. The van der Waals surface area contributed by atoms with Crippen LogP contribution in [0.5, 0.6) is 5.75 Å². The van der Waals surface area contributed by atoms with Crippen molar-refractivity contribution < 1.29 is 14.4 Å². The number of rotatable bonds is 7. The molecule has 2 rings (SSSR count). The van der Waals surface area contributed by atoms with Crippen molar-refractivity contribution in [1.29, 1.82) is 0 Å². The Morgan fingerprint density at radius 3 is 2.73 bits per heavy atom. The standard InChI is InChI=1S/C16H25N3O2S/c1-20-15-5-3-2-4-14(15)6-7-17-16(22)18-8-9-19-10-12-21-13-11-19/h2-5H,6-13H2,1H3,(H2,17,18,22)/p+1. The number of hydrogen-bond donors (Lipinski definition) is 3. The van der Waals surface area contributed by atoms with Gasteiger partial charge in [0.25, 0.3) is 0 Å². The molecule has 0 radical (unpaired) electrons. The maximum Gasteiger partial charge on any atom is 0.166 e. The Kier molecular flexibility index (Phi) is 7.42. The quantitative estimate of drug-likeness (QED) is 0.597. The second kappa shape index (κ2) is 9.61. The van der Waals surface area contributed by atoms with E-state index in [1.54, 1.807) is 12.0 Å². The van der Waals surface area contributed by atoms with E-state index in [1.165, 1.54) is 5.56 Å². The summed E-state index contributed by atoms with van der Waals surface area (Å²) in [4.78, 5) is 1.58. The molecule has 1 fully saturated rings. The lowest BCUT2D eigenvalue weighted by atomic mass is 10.1. The lowest BCUT2D eigenvalue weighted by Gasteiger charge is -2.24. The normalized spacial score (nSPS) is 15.3. The van der Waals surface area contributed by atoms with Crippen LogP contribution < -0.4 is 20.3 Å². The molecule has 3 N–H and O–H groups in total. The van der Waals surface area contributed by atoms with Crippen LogP contribution in [0.4, 0.5) is 0 Å². The number of quaternary nitrogens is 1. The van der Waals surface area contributed by atoms with E-state index >= 15 is 0 Å². The highest BCUT2D eigenvalue weighted by Gasteiger charge is 2.12. The molecular weight excluding hydrogens is 298 g/mol. The molecule has 0 spiro atoms. The first-order valence-electron chi connectivity index (χ1n) is 7.84. The third-order valence-electron chi connectivity index (χ3n) is 3.84. The Hall–Kier alpha value is -1.37. The Bertz CT molecular complexity index is 464. The third-order valence-corrected chi connectivity index (χ3v) is 4.13. The summed E-state index contributed by atoms with van der Waals surface area (Å²) in [6, 6.07) is 8.07. The van der Waals surface area contributed by atoms with Gasteiger partial charge in [0, 0.05) is 6.54 Å². The van der Waals surface area contributed by atoms with Gasteiger partial charge in [0.05, 0.1) is 33.4 Å². The van der Waals surface area contributed by atoms with Crippen LogP contribution in [0, 0.1) is 0 Å². The van der Waals surface area contributed by atoms with Crippen LogP contribution in [-0.2, 0) is 11.2 Å². The van der Waals surface area contributed by atoms with Crippen molar-refractivity contribution in [2.45, 2.75) is 6.42 Å². The molecule has 0 saturated carbocycles. The molecule has 122 valence electrons. The first kappa shape index (κ1) is 17.0. The van der Waals surface area contributed by atoms with Gasteiger partial charge >= 0.3 is 0 Å². The third kappa shape index (κ3) is 5.79. The van der Waals surface area contributed by atoms with Crippen molar-refractivity contribution in [2.24, 2.45) is 0 Å². The first-order chi connectivity index (χ1) is 10.8. The topological polar surface area (TPSA) is 47.0 Å². The summed E-state index contributed by atoms with van der Waals surface area (Å²) in [6.45, 7) is 6.71. The number of thiocarbonyl (C=S) groups is 1. The molecule has 0 amide bonds. The summed E-state index contributed by atoms with van der Waals surface area (Å²) in [5, 5.41) is 7.25. The van der Waals surface area contributed by atoms with Crippen molar-refractivity contribution in [3.05, 3.63) is 29.8 Å². The number of para-hydroxylation sites is 1. The lowest BCUT2D eigenvalue weighted by molar-refractivity contribution is -0.906. The van der Waals surface area contributed by atoms with Crippen molar-refractivity contribution >= 4 is 17.3 Å². The molecule has 22 heavy (non-hydrogen) atoms.